The second-order valence-electron chi connectivity index (χ2n) is 6.09. The number of carbonyl (C=O) groups excluding carboxylic acids is 1. The Balaban J connectivity index is 1.74. The maximum absolute atomic E-state index is 12.8. The van der Waals surface area contributed by atoms with E-state index in [4.69, 9.17) is 0 Å². The monoisotopic (exact) mass is 342 g/mol. The van der Waals surface area contributed by atoms with Gasteiger partial charge < -0.3 is 15.3 Å². The highest BCUT2D eigenvalue weighted by Gasteiger charge is 2.28. The summed E-state index contributed by atoms with van der Waals surface area (Å²) >= 11 is 0. The van der Waals surface area contributed by atoms with E-state index in [0.717, 1.165) is 11.4 Å². The van der Waals surface area contributed by atoms with Gasteiger partial charge in [-0.15, -0.1) is 0 Å². The van der Waals surface area contributed by atoms with Gasteiger partial charge in [0.25, 0.3) is 5.91 Å². The molecule has 0 atom stereocenters. The predicted molar refractivity (Wildman–Crippen MR) is 105 cm³/mol. The van der Waals surface area contributed by atoms with Crippen molar-refractivity contribution in [3.8, 4) is 0 Å². The third kappa shape index (κ3) is 2.93. The van der Waals surface area contributed by atoms with Crippen molar-refractivity contribution in [1.82, 2.24) is 0 Å². The molecule has 1 aliphatic rings. The Morgan fingerprint density at radius 3 is 2.19 bits per heavy atom. The largest absolute Gasteiger partial charge is 0.507 e. The number of nitrogens with one attached hydrogen (secondary N) is 1. The first-order chi connectivity index (χ1) is 12.7. The van der Waals surface area contributed by atoms with Crippen LogP contribution in [0.5, 0.6) is 0 Å². The number of hydrogen-bond donors (Lipinski definition) is 2. The first kappa shape index (κ1) is 16.0. The van der Waals surface area contributed by atoms with E-state index in [1.54, 1.807) is 0 Å². The van der Waals surface area contributed by atoms with Crippen molar-refractivity contribution in [2.24, 2.45) is 0 Å². The van der Waals surface area contributed by atoms with Crippen molar-refractivity contribution >= 4 is 28.7 Å². The van der Waals surface area contributed by atoms with Gasteiger partial charge in [-0.1, -0.05) is 48.5 Å². The number of anilines is 3. The van der Waals surface area contributed by atoms with Crippen LogP contribution in [0.3, 0.4) is 0 Å². The molecule has 0 bridgehead atoms. The molecule has 0 saturated heterocycles. The Labute approximate surface area is 152 Å². The Morgan fingerprint density at radius 2 is 1.46 bits per heavy atom. The molecule has 4 nitrogen and oxygen atoms in total. The molecule has 0 aromatic heterocycles. The summed E-state index contributed by atoms with van der Waals surface area (Å²) in [6.07, 6.45) is 0. The van der Waals surface area contributed by atoms with Crippen LogP contribution in [0.2, 0.25) is 0 Å². The number of aliphatic hydroxyl groups is 1. The zero-order chi connectivity index (χ0) is 17.9. The molecule has 0 aliphatic carbocycles. The zero-order valence-electron chi connectivity index (χ0n) is 14.1. The summed E-state index contributed by atoms with van der Waals surface area (Å²) in [5.74, 6) is -0.273. The van der Waals surface area contributed by atoms with Crippen LogP contribution in [0.1, 0.15) is 5.56 Å². The van der Waals surface area contributed by atoms with E-state index in [1.165, 1.54) is 0 Å². The minimum atomic E-state index is -0.302. The fourth-order valence-corrected chi connectivity index (χ4v) is 3.14. The van der Waals surface area contributed by atoms with E-state index in [0.29, 0.717) is 23.4 Å². The van der Waals surface area contributed by atoms with Crippen LogP contribution in [0.15, 0.2) is 90.5 Å². The first-order valence-electron chi connectivity index (χ1n) is 8.44. The van der Waals surface area contributed by atoms with E-state index in [1.807, 2.05) is 89.8 Å². The SMILES string of the molecule is O=C(Nc1ccccc1)C1=C(O)c2ccccc2N(c2ccccc2)C1. The molecule has 4 rings (SSSR count). The van der Waals surface area contributed by atoms with Gasteiger partial charge in [0.2, 0.25) is 0 Å². The molecule has 3 aromatic rings. The quantitative estimate of drug-likeness (QED) is 0.722. The summed E-state index contributed by atoms with van der Waals surface area (Å²) < 4.78 is 0. The van der Waals surface area contributed by atoms with Gasteiger partial charge >= 0.3 is 0 Å². The number of amides is 1. The Kier molecular flexibility index (Phi) is 4.15. The molecule has 0 unspecified atom stereocenters. The van der Waals surface area contributed by atoms with Gasteiger partial charge in [0.1, 0.15) is 5.76 Å². The topological polar surface area (TPSA) is 52.6 Å². The number of nitrogens with zero attached hydrogens (tertiary/aromatic N) is 1. The molecular weight excluding hydrogens is 324 g/mol. The Bertz CT molecular complexity index is 966. The van der Waals surface area contributed by atoms with E-state index in [9.17, 15) is 9.90 Å². The summed E-state index contributed by atoms with van der Waals surface area (Å²) in [4.78, 5) is 14.8. The van der Waals surface area contributed by atoms with Crippen molar-refractivity contribution in [2.45, 2.75) is 0 Å². The summed E-state index contributed by atoms with van der Waals surface area (Å²) in [5.41, 5.74) is 3.55. The summed E-state index contributed by atoms with van der Waals surface area (Å²) in [6.45, 7) is 0.297. The first-order valence-corrected chi connectivity index (χ1v) is 8.44. The molecule has 2 N–H and O–H groups in total. The summed E-state index contributed by atoms with van der Waals surface area (Å²) in [6, 6.07) is 26.7. The van der Waals surface area contributed by atoms with Gasteiger partial charge in [-0.3, -0.25) is 4.79 Å². The molecule has 4 heteroatoms. The third-order valence-electron chi connectivity index (χ3n) is 4.43. The van der Waals surface area contributed by atoms with Crippen LogP contribution in [-0.4, -0.2) is 17.6 Å². The fourth-order valence-electron chi connectivity index (χ4n) is 3.14. The lowest BCUT2D eigenvalue weighted by Gasteiger charge is -2.32. The highest BCUT2D eigenvalue weighted by molar-refractivity contribution is 6.10. The minimum absolute atomic E-state index is 0.0289. The molecule has 0 fully saturated rings. The molecule has 0 saturated carbocycles. The second-order valence-corrected chi connectivity index (χ2v) is 6.09. The lowest BCUT2D eigenvalue weighted by atomic mass is 9.99. The third-order valence-corrected chi connectivity index (χ3v) is 4.43. The van der Waals surface area contributed by atoms with Gasteiger partial charge in [-0.25, -0.2) is 0 Å². The number of hydrogen-bond acceptors (Lipinski definition) is 3. The van der Waals surface area contributed by atoms with Gasteiger partial charge in [0.15, 0.2) is 0 Å². The van der Waals surface area contributed by atoms with Crippen LogP contribution in [0.4, 0.5) is 17.1 Å². The summed E-state index contributed by atoms with van der Waals surface area (Å²) in [5, 5.41) is 13.6. The van der Waals surface area contributed by atoms with Crippen LogP contribution in [0, 0.1) is 0 Å². The predicted octanol–water partition coefficient (Wildman–Crippen LogP) is 4.75. The highest BCUT2D eigenvalue weighted by Crippen LogP contribution is 2.38. The molecule has 1 aliphatic heterocycles. The van der Waals surface area contributed by atoms with Gasteiger partial charge in [0, 0.05) is 16.9 Å². The minimum Gasteiger partial charge on any atom is -0.507 e. The van der Waals surface area contributed by atoms with Crippen LogP contribution in [-0.2, 0) is 4.79 Å². The van der Waals surface area contributed by atoms with E-state index in [-0.39, 0.29) is 11.7 Å². The van der Waals surface area contributed by atoms with E-state index >= 15 is 0 Å². The summed E-state index contributed by atoms with van der Waals surface area (Å²) in [7, 11) is 0. The van der Waals surface area contributed by atoms with Crippen molar-refractivity contribution in [2.75, 3.05) is 16.8 Å². The molecule has 0 spiro atoms. The number of aliphatic hydroxyl groups excluding tert-OH is 1. The van der Waals surface area contributed by atoms with Crippen molar-refractivity contribution in [3.05, 3.63) is 96.1 Å². The van der Waals surface area contributed by atoms with Crippen molar-refractivity contribution < 1.29 is 9.90 Å². The standard InChI is InChI=1S/C22H18N2O2/c25-21-18-13-7-8-14-20(18)24(17-11-5-2-6-12-17)15-19(21)22(26)23-16-9-3-1-4-10-16/h1-14,25H,15H2,(H,23,26). The number of para-hydroxylation sites is 3. The number of benzene rings is 3. The normalized spacial score (nSPS) is 13.3. The highest BCUT2D eigenvalue weighted by atomic mass is 16.3. The number of fused-ring (bicyclic) bond motifs is 1. The average molecular weight is 342 g/mol. The van der Waals surface area contributed by atoms with Crippen LogP contribution in [0.25, 0.3) is 5.76 Å². The van der Waals surface area contributed by atoms with Gasteiger partial charge in [-0.2, -0.15) is 0 Å². The fraction of sp³-hybridized carbons (Fsp3) is 0.0455. The molecular formula is C22H18N2O2. The lowest BCUT2D eigenvalue weighted by Crippen LogP contribution is -2.31. The second kappa shape index (κ2) is 6.76. The molecule has 1 amide bonds. The molecule has 0 radical (unpaired) electrons. The number of rotatable bonds is 3. The maximum atomic E-state index is 12.8. The molecule has 26 heavy (non-hydrogen) atoms. The van der Waals surface area contributed by atoms with Crippen molar-refractivity contribution in [1.29, 1.82) is 0 Å². The molecule has 128 valence electrons. The van der Waals surface area contributed by atoms with Gasteiger partial charge in [-0.05, 0) is 36.4 Å². The van der Waals surface area contributed by atoms with E-state index in [2.05, 4.69) is 5.32 Å². The zero-order valence-corrected chi connectivity index (χ0v) is 14.1. The van der Waals surface area contributed by atoms with Crippen LogP contribution >= 0.6 is 0 Å². The molecule has 3 aromatic carbocycles. The Hall–Kier alpha value is -3.53. The maximum Gasteiger partial charge on any atom is 0.257 e. The smallest absolute Gasteiger partial charge is 0.257 e. The number of carbonyl (C=O) groups is 1. The van der Waals surface area contributed by atoms with Crippen LogP contribution < -0.4 is 10.2 Å². The Morgan fingerprint density at radius 1 is 0.846 bits per heavy atom. The lowest BCUT2D eigenvalue weighted by molar-refractivity contribution is -0.112. The average Bonchev–Trinajstić information content (AvgIpc) is 2.70. The van der Waals surface area contributed by atoms with Crippen molar-refractivity contribution in [3.63, 3.8) is 0 Å². The van der Waals surface area contributed by atoms with Gasteiger partial charge in [0.05, 0.1) is 17.8 Å². The molecule has 1 heterocycles. The van der Waals surface area contributed by atoms with E-state index < -0.39 is 0 Å².